The van der Waals surface area contributed by atoms with Crippen LogP contribution in [0.25, 0.3) is 0 Å². The molecule has 1 amide bonds. The summed E-state index contributed by atoms with van der Waals surface area (Å²) in [7, 11) is 0. The van der Waals surface area contributed by atoms with Crippen LogP contribution >= 0.6 is 0 Å². The molecule has 0 unspecified atom stereocenters. The summed E-state index contributed by atoms with van der Waals surface area (Å²) in [5.74, 6) is 3.74. The Kier molecular flexibility index (Phi) is 8.59. The lowest BCUT2D eigenvalue weighted by Crippen LogP contribution is -2.30. The van der Waals surface area contributed by atoms with Gasteiger partial charge in [0.05, 0.1) is 6.54 Å². The number of hydrogen-bond acceptors (Lipinski definition) is 6. The molecule has 0 aliphatic heterocycles. The highest BCUT2D eigenvalue weighted by atomic mass is 16.6. The van der Waals surface area contributed by atoms with Crippen molar-refractivity contribution >= 4 is 23.3 Å². The smallest absolute Gasteiger partial charge is 0.220 e. The molecule has 18 heavy (non-hydrogen) atoms. The maximum absolute atomic E-state index is 11.2. The van der Waals surface area contributed by atoms with E-state index in [1.165, 1.54) is 6.92 Å². The van der Waals surface area contributed by atoms with Gasteiger partial charge in [-0.05, 0) is 6.92 Å². The first kappa shape index (κ1) is 16.4. The molecule has 0 aromatic carbocycles. The van der Waals surface area contributed by atoms with Crippen molar-refractivity contribution in [1.29, 1.82) is 0 Å². The number of rotatable bonds is 10. The lowest BCUT2D eigenvalue weighted by molar-refractivity contribution is -0.129. The van der Waals surface area contributed by atoms with Crippen LogP contribution in [0.4, 0.5) is 0 Å². The van der Waals surface area contributed by atoms with Gasteiger partial charge in [-0.15, -0.1) is 0 Å². The maximum atomic E-state index is 11.2. The fourth-order valence-corrected chi connectivity index (χ4v) is 1.11. The molecule has 3 N–H and O–H groups in total. The zero-order valence-corrected chi connectivity index (χ0v) is 10.4. The van der Waals surface area contributed by atoms with E-state index in [0.717, 1.165) is 0 Å². The van der Waals surface area contributed by atoms with Gasteiger partial charge < -0.3 is 10.1 Å². The van der Waals surface area contributed by atoms with E-state index in [1.807, 2.05) is 0 Å². The van der Waals surface area contributed by atoms with E-state index in [0.29, 0.717) is 0 Å². The van der Waals surface area contributed by atoms with Crippen molar-refractivity contribution in [3.05, 3.63) is 0 Å². The summed E-state index contributed by atoms with van der Waals surface area (Å²) in [4.78, 5) is 48.2. The third kappa shape index (κ3) is 9.61. The first-order valence-electron chi connectivity index (χ1n) is 5.57. The van der Waals surface area contributed by atoms with Crippen LogP contribution in [0.3, 0.4) is 0 Å². The van der Waals surface area contributed by atoms with Gasteiger partial charge in [-0.25, -0.2) is 5.90 Å². The normalized spacial score (nSPS) is 9.89. The Balaban J connectivity index is 3.67. The van der Waals surface area contributed by atoms with Crippen molar-refractivity contribution < 1.29 is 24.0 Å². The zero-order chi connectivity index (χ0) is 14.0. The Morgan fingerprint density at radius 3 is 2.17 bits per heavy atom. The summed E-state index contributed by atoms with van der Waals surface area (Å²) in [5, 5.41) is 2.38. The summed E-state index contributed by atoms with van der Waals surface area (Å²) in [5.41, 5.74) is 0. The monoisotopic (exact) mass is 258 g/mol. The van der Waals surface area contributed by atoms with Gasteiger partial charge in [-0.3, -0.25) is 19.2 Å². The molecule has 0 heterocycles. The van der Waals surface area contributed by atoms with Crippen molar-refractivity contribution in [3.8, 4) is 0 Å². The number of ketones is 3. The number of Topliss-reactive ketones (excluding diaryl/α,β-unsaturated/α-hetero) is 3. The van der Waals surface area contributed by atoms with Gasteiger partial charge in [-0.2, -0.15) is 0 Å². The van der Waals surface area contributed by atoms with Gasteiger partial charge in [0.15, 0.2) is 11.6 Å². The Labute approximate surface area is 105 Å². The van der Waals surface area contributed by atoms with Gasteiger partial charge in [-0.1, -0.05) is 0 Å². The lowest BCUT2D eigenvalue weighted by atomic mass is 10.1. The van der Waals surface area contributed by atoms with Crippen molar-refractivity contribution in [3.63, 3.8) is 0 Å². The second-order valence-electron chi connectivity index (χ2n) is 3.87. The number of nitrogens with two attached hydrogens (primary N) is 1. The van der Waals surface area contributed by atoms with E-state index in [4.69, 9.17) is 5.90 Å². The molecule has 0 atom stereocenters. The van der Waals surface area contributed by atoms with Crippen molar-refractivity contribution in [2.24, 2.45) is 5.90 Å². The SMILES string of the molecule is CC(=O)CCC(=O)CNC(=O)CCC(=O)CON. The van der Waals surface area contributed by atoms with Crippen LogP contribution in [0.5, 0.6) is 0 Å². The molecular formula is C11H18N2O5. The molecule has 0 rings (SSSR count). The second kappa shape index (κ2) is 9.43. The average Bonchev–Trinajstić information content (AvgIpc) is 2.31. The minimum absolute atomic E-state index is 0.0117. The van der Waals surface area contributed by atoms with Gasteiger partial charge in [0.25, 0.3) is 0 Å². The highest BCUT2D eigenvalue weighted by molar-refractivity contribution is 5.90. The Hall–Kier alpha value is -1.60. The van der Waals surface area contributed by atoms with Crippen LogP contribution in [0, 0.1) is 0 Å². The van der Waals surface area contributed by atoms with Gasteiger partial charge in [0.2, 0.25) is 5.91 Å². The third-order valence-corrected chi connectivity index (χ3v) is 2.11. The molecule has 0 aromatic rings. The first-order valence-corrected chi connectivity index (χ1v) is 5.57. The van der Waals surface area contributed by atoms with Crippen LogP contribution in [0.1, 0.15) is 32.6 Å². The van der Waals surface area contributed by atoms with Crippen LogP contribution in [-0.2, 0) is 24.0 Å². The minimum atomic E-state index is -0.392. The van der Waals surface area contributed by atoms with Crippen molar-refractivity contribution in [2.45, 2.75) is 32.6 Å². The van der Waals surface area contributed by atoms with Gasteiger partial charge >= 0.3 is 0 Å². The Morgan fingerprint density at radius 1 is 1.00 bits per heavy atom. The highest BCUT2D eigenvalue weighted by Crippen LogP contribution is 1.94. The fraction of sp³-hybridized carbons (Fsp3) is 0.636. The van der Waals surface area contributed by atoms with E-state index >= 15 is 0 Å². The minimum Gasteiger partial charge on any atom is -0.349 e. The molecule has 0 fully saturated rings. The van der Waals surface area contributed by atoms with Crippen molar-refractivity contribution in [1.82, 2.24) is 5.32 Å². The predicted molar refractivity (Wildman–Crippen MR) is 62.3 cm³/mol. The molecule has 7 heteroatoms. The molecule has 7 nitrogen and oxygen atoms in total. The molecule has 0 aromatic heterocycles. The standard InChI is InChI=1S/C11H18N2O5/c1-8(14)2-3-9(15)6-13-11(17)5-4-10(16)7-18-12/h2-7,12H2,1H3,(H,13,17). The van der Waals surface area contributed by atoms with E-state index in [9.17, 15) is 19.2 Å². The Bertz CT molecular complexity index is 327. The van der Waals surface area contributed by atoms with Crippen LogP contribution < -0.4 is 11.2 Å². The van der Waals surface area contributed by atoms with Crippen LogP contribution in [0.15, 0.2) is 0 Å². The fourth-order valence-electron chi connectivity index (χ4n) is 1.11. The van der Waals surface area contributed by atoms with E-state index in [1.54, 1.807) is 0 Å². The summed E-state index contributed by atoms with van der Waals surface area (Å²) >= 11 is 0. The highest BCUT2D eigenvalue weighted by Gasteiger charge is 2.09. The van der Waals surface area contributed by atoms with E-state index in [-0.39, 0.29) is 56.2 Å². The maximum Gasteiger partial charge on any atom is 0.220 e. The Morgan fingerprint density at radius 2 is 1.61 bits per heavy atom. The number of amides is 1. The molecule has 102 valence electrons. The van der Waals surface area contributed by atoms with Gasteiger partial charge in [0, 0.05) is 25.7 Å². The molecule has 0 aliphatic rings. The number of carbonyl (C=O) groups is 4. The topological polar surface area (TPSA) is 116 Å². The number of carbonyl (C=O) groups excluding carboxylic acids is 4. The summed E-state index contributed by atoms with van der Waals surface area (Å²) in [6.45, 7) is 1.05. The molecule has 0 aliphatic carbocycles. The van der Waals surface area contributed by atoms with Gasteiger partial charge in [0.1, 0.15) is 12.4 Å². The summed E-state index contributed by atoms with van der Waals surface area (Å²) < 4.78 is 0. The van der Waals surface area contributed by atoms with E-state index in [2.05, 4.69) is 10.2 Å². The quantitative estimate of drug-likeness (QED) is 0.500. The molecule has 0 spiro atoms. The number of nitrogens with one attached hydrogen (secondary N) is 1. The van der Waals surface area contributed by atoms with Crippen LogP contribution in [-0.4, -0.2) is 36.4 Å². The predicted octanol–water partition coefficient (Wildman–Crippen LogP) is -0.719. The molecule has 0 saturated heterocycles. The average molecular weight is 258 g/mol. The van der Waals surface area contributed by atoms with Crippen LogP contribution in [0.2, 0.25) is 0 Å². The molecule has 0 radical (unpaired) electrons. The van der Waals surface area contributed by atoms with E-state index < -0.39 is 5.91 Å². The molecular weight excluding hydrogens is 240 g/mol. The summed E-state index contributed by atoms with van der Waals surface area (Å²) in [6, 6.07) is 0. The van der Waals surface area contributed by atoms with Crippen molar-refractivity contribution in [2.75, 3.05) is 13.2 Å². The first-order chi connectivity index (χ1) is 8.45. The molecule has 0 bridgehead atoms. The summed E-state index contributed by atoms with van der Waals surface area (Å²) in [6.07, 6.45) is 0.309. The number of hydrogen-bond donors (Lipinski definition) is 2. The molecule has 0 saturated carbocycles. The zero-order valence-electron chi connectivity index (χ0n) is 10.4. The largest absolute Gasteiger partial charge is 0.349 e. The lowest BCUT2D eigenvalue weighted by Gasteiger charge is -2.03. The third-order valence-electron chi connectivity index (χ3n) is 2.11. The second-order valence-corrected chi connectivity index (χ2v) is 3.87.